The van der Waals surface area contributed by atoms with Gasteiger partial charge in [0.05, 0.1) is 18.1 Å². The minimum atomic E-state index is -0.415. The number of nitrogens with zero attached hydrogens (tertiary/aromatic N) is 4. The lowest BCUT2D eigenvalue weighted by molar-refractivity contribution is 0.102. The second kappa shape index (κ2) is 6.43. The maximum Gasteiger partial charge on any atom is 0.276 e. The first-order chi connectivity index (χ1) is 11.8. The molecule has 0 aliphatic carbocycles. The van der Waals surface area contributed by atoms with E-state index in [-0.39, 0.29) is 16.8 Å². The van der Waals surface area contributed by atoms with Crippen LogP contribution in [-0.2, 0) is 5.41 Å². The molecule has 1 aromatic carbocycles. The van der Waals surface area contributed by atoms with Crippen molar-refractivity contribution < 1.29 is 9.18 Å². The molecule has 0 saturated carbocycles. The van der Waals surface area contributed by atoms with Crippen LogP contribution >= 0.6 is 0 Å². The third-order valence-electron chi connectivity index (χ3n) is 3.50. The quantitative estimate of drug-likeness (QED) is 0.794. The Hall–Kier alpha value is -3.09. The zero-order chi connectivity index (χ0) is 18.0. The Morgan fingerprint density at radius 1 is 1.12 bits per heavy atom. The molecule has 0 unspecified atom stereocenters. The van der Waals surface area contributed by atoms with Crippen molar-refractivity contribution in [3.63, 3.8) is 0 Å². The number of hydrogen-bond acceptors (Lipinski definition) is 4. The number of hydrogen-bond donors (Lipinski definition) is 1. The van der Waals surface area contributed by atoms with Crippen molar-refractivity contribution in [3.8, 4) is 5.69 Å². The van der Waals surface area contributed by atoms with Crippen LogP contribution in [0.2, 0.25) is 0 Å². The summed E-state index contributed by atoms with van der Waals surface area (Å²) in [5, 5.41) is 6.80. The Kier molecular flexibility index (Phi) is 4.31. The fourth-order valence-electron chi connectivity index (χ4n) is 2.19. The Bertz CT molecular complexity index is 896. The van der Waals surface area contributed by atoms with Crippen LogP contribution < -0.4 is 5.32 Å². The van der Waals surface area contributed by atoms with E-state index in [4.69, 9.17) is 0 Å². The van der Waals surface area contributed by atoms with Crippen LogP contribution in [0.25, 0.3) is 5.69 Å². The van der Waals surface area contributed by atoms with Gasteiger partial charge in [-0.2, -0.15) is 5.10 Å². The minimum Gasteiger partial charge on any atom is -0.318 e. The van der Waals surface area contributed by atoms with Crippen molar-refractivity contribution in [2.75, 3.05) is 5.32 Å². The highest BCUT2D eigenvalue weighted by Gasteiger charge is 2.17. The standard InChI is InChI=1S/C18H18FN5O/c1-18(2,3)17-20-10-12(11-21-17)22-16(25)14-8-9-24(23-14)15-7-5-4-6-13(15)19/h4-11H,1-3H3,(H,22,25). The molecule has 0 bridgehead atoms. The number of benzene rings is 1. The summed E-state index contributed by atoms with van der Waals surface area (Å²) in [6.07, 6.45) is 4.64. The van der Waals surface area contributed by atoms with Gasteiger partial charge in [0.2, 0.25) is 0 Å². The number of halogens is 1. The SMILES string of the molecule is CC(C)(C)c1ncc(NC(=O)c2ccn(-c3ccccc3F)n2)cn1. The van der Waals surface area contributed by atoms with E-state index >= 15 is 0 Å². The van der Waals surface area contributed by atoms with E-state index in [9.17, 15) is 9.18 Å². The highest BCUT2D eigenvalue weighted by atomic mass is 19.1. The molecule has 2 aromatic heterocycles. The van der Waals surface area contributed by atoms with E-state index in [2.05, 4.69) is 20.4 Å². The number of para-hydroxylation sites is 1. The summed E-state index contributed by atoms with van der Waals surface area (Å²) < 4.78 is 15.1. The molecule has 6 nitrogen and oxygen atoms in total. The number of nitrogens with one attached hydrogen (secondary N) is 1. The average Bonchev–Trinajstić information content (AvgIpc) is 3.05. The molecule has 128 valence electrons. The van der Waals surface area contributed by atoms with Crippen LogP contribution in [-0.4, -0.2) is 25.7 Å². The fourth-order valence-corrected chi connectivity index (χ4v) is 2.19. The molecule has 0 aliphatic heterocycles. The second-order valence-corrected chi connectivity index (χ2v) is 6.60. The summed E-state index contributed by atoms with van der Waals surface area (Å²) in [4.78, 5) is 20.8. The van der Waals surface area contributed by atoms with Crippen molar-refractivity contribution in [1.29, 1.82) is 0 Å². The second-order valence-electron chi connectivity index (χ2n) is 6.60. The summed E-state index contributed by atoms with van der Waals surface area (Å²) in [6.45, 7) is 6.03. The third kappa shape index (κ3) is 3.71. The molecule has 0 radical (unpaired) electrons. The Morgan fingerprint density at radius 2 is 1.80 bits per heavy atom. The lowest BCUT2D eigenvalue weighted by atomic mass is 9.96. The van der Waals surface area contributed by atoms with E-state index < -0.39 is 11.7 Å². The molecular weight excluding hydrogens is 321 g/mol. The van der Waals surface area contributed by atoms with Gasteiger partial charge in [0.15, 0.2) is 5.69 Å². The molecular formula is C18H18FN5O. The number of anilines is 1. The van der Waals surface area contributed by atoms with Gasteiger partial charge in [-0.05, 0) is 18.2 Å². The van der Waals surface area contributed by atoms with E-state index in [0.717, 1.165) is 0 Å². The van der Waals surface area contributed by atoms with Crippen LogP contribution in [0, 0.1) is 5.82 Å². The molecule has 1 N–H and O–H groups in total. The first kappa shape index (κ1) is 16.8. The van der Waals surface area contributed by atoms with Crippen molar-refractivity contribution in [1.82, 2.24) is 19.7 Å². The van der Waals surface area contributed by atoms with E-state index in [1.165, 1.54) is 23.0 Å². The average molecular weight is 339 g/mol. The zero-order valence-electron chi connectivity index (χ0n) is 14.2. The molecule has 25 heavy (non-hydrogen) atoms. The molecule has 3 rings (SSSR count). The third-order valence-corrected chi connectivity index (χ3v) is 3.50. The maximum absolute atomic E-state index is 13.8. The topological polar surface area (TPSA) is 72.7 Å². The van der Waals surface area contributed by atoms with Crippen molar-refractivity contribution in [2.45, 2.75) is 26.2 Å². The van der Waals surface area contributed by atoms with Crippen LogP contribution in [0.5, 0.6) is 0 Å². The highest BCUT2D eigenvalue weighted by Crippen LogP contribution is 2.18. The Balaban J connectivity index is 1.75. The summed E-state index contributed by atoms with van der Waals surface area (Å²) >= 11 is 0. The predicted octanol–water partition coefficient (Wildman–Crippen LogP) is 3.35. The molecule has 0 saturated heterocycles. The fraction of sp³-hybridized carbons (Fsp3) is 0.222. The first-order valence-corrected chi connectivity index (χ1v) is 7.79. The van der Waals surface area contributed by atoms with Gasteiger partial charge >= 0.3 is 0 Å². The monoisotopic (exact) mass is 339 g/mol. The van der Waals surface area contributed by atoms with Gasteiger partial charge < -0.3 is 5.32 Å². The van der Waals surface area contributed by atoms with Crippen LogP contribution in [0.4, 0.5) is 10.1 Å². The molecule has 7 heteroatoms. The minimum absolute atomic E-state index is 0.166. The molecule has 3 aromatic rings. The molecule has 0 spiro atoms. The van der Waals surface area contributed by atoms with E-state index in [1.54, 1.807) is 30.6 Å². The predicted molar refractivity (Wildman–Crippen MR) is 92.2 cm³/mol. The first-order valence-electron chi connectivity index (χ1n) is 7.79. The highest BCUT2D eigenvalue weighted by molar-refractivity contribution is 6.02. The van der Waals surface area contributed by atoms with Gasteiger partial charge in [-0.3, -0.25) is 4.79 Å². The number of aromatic nitrogens is 4. The smallest absolute Gasteiger partial charge is 0.276 e. The number of carbonyl (C=O) groups excluding carboxylic acids is 1. The van der Waals surface area contributed by atoms with Crippen molar-refractivity contribution in [2.24, 2.45) is 0 Å². The Morgan fingerprint density at radius 3 is 2.44 bits per heavy atom. The molecule has 2 heterocycles. The molecule has 0 aliphatic rings. The van der Waals surface area contributed by atoms with Crippen molar-refractivity contribution >= 4 is 11.6 Å². The molecule has 1 amide bonds. The Labute approximate surface area is 144 Å². The lowest BCUT2D eigenvalue weighted by Crippen LogP contribution is -2.17. The van der Waals surface area contributed by atoms with Crippen LogP contribution in [0.3, 0.4) is 0 Å². The van der Waals surface area contributed by atoms with Gasteiger partial charge in [0, 0.05) is 11.6 Å². The molecule has 0 fully saturated rings. The van der Waals surface area contributed by atoms with Gasteiger partial charge in [0.25, 0.3) is 5.91 Å². The van der Waals surface area contributed by atoms with Gasteiger partial charge in [-0.15, -0.1) is 0 Å². The number of rotatable bonds is 3. The van der Waals surface area contributed by atoms with Crippen molar-refractivity contribution in [3.05, 3.63) is 66.3 Å². The normalized spacial score (nSPS) is 11.4. The summed E-state index contributed by atoms with van der Waals surface area (Å²) in [5.74, 6) is -0.139. The number of amides is 1. The van der Waals surface area contributed by atoms with E-state index in [0.29, 0.717) is 11.5 Å². The number of carbonyl (C=O) groups is 1. The summed E-state index contributed by atoms with van der Waals surface area (Å²) in [5.41, 5.74) is 0.752. The van der Waals surface area contributed by atoms with Gasteiger partial charge in [-0.1, -0.05) is 32.9 Å². The lowest BCUT2D eigenvalue weighted by Gasteiger charge is -2.16. The summed E-state index contributed by atoms with van der Waals surface area (Å²) in [7, 11) is 0. The van der Waals surface area contributed by atoms with Gasteiger partial charge in [-0.25, -0.2) is 19.0 Å². The van der Waals surface area contributed by atoms with Crippen LogP contribution in [0.1, 0.15) is 37.1 Å². The zero-order valence-corrected chi connectivity index (χ0v) is 14.2. The molecule has 0 atom stereocenters. The largest absolute Gasteiger partial charge is 0.318 e. The maximum atomic E-state index is 13.8. The van der Waals surface area contributed by atoms with Crippen LogP contribution in [0.15, 0.2) is 48.9 Å². The summed E-state index contributed by atoms with van der Waals surface area (Å²) in [6, 6.07) is 7.74. The van der Waals surface area contributed by atoms with Gasteiger partial charge in [0.1, 0.15) is 17.3 Å². The van der Waals surface area contributed by atoms with E-state index in [1.807, 2.05) is 20.8 Å².